The summed E-state index contributed by atoms with van der Waals surface area (Å²) in [5.74, 6) is 0. The van der Waals surface area contributed by atoms with Crippen molar-refractivity contribution in [2.75, 3.05) is 11.9 Å². The van der Waals surface area contributed by atoms with E-state index in [1.807, 2.05) is 12.1 Å². The molecule has 0 saturated carbocycles. The third-order valence-electron chi connectivity index (χ3n) is 4.79. The number of fused-ring (bicyclic) bond motifs is 4. The molecule has 0 unspecified atom stereocenters. The van der Waals surface area contributed by atoms with Crippen LogP contribution in [0.4, 0.5) is 11.4 Å². The zero-order valence-corrected chi connectivity index (χ0v) is 13.9. The van der Waals surface area contributed by atoms with Crippen molar-refractivity contribution in [3.8, 4) is 0 Å². The van der Waals surface area contributed by atoms with Gasteiger partial charge >= 0.3 is 0 Å². The van der Waals surface area contributed by atoms with Gasteiger partial charge in [0, 0.05) is 29.0 Å². The Kier molecular flexibility index (Phi) is 3.01. The van der Waals surface area contributed by atoms with Crippen LogP contribution in [0.5, 0.6) is 0 Å². The number of rotatable bonds is 2. The van der Waals surface area contributed by atoms with Crippen LogP contribution in [0.2, 0.25) is 0 Å². The number of aromatic nitrogens is 2. The van der Waals surface area contributed by atoms with Crippen molar-refractivity contribution in [1.29, 1.82) is 0 Å². The summed E-state index contributed by atoms with van der Waals surface area (Å²) in [6.45, 7) is 0. The van der Waals surface area contributed by atoms with Crippen LogP contribution in [-0.2, 0) is 0 Å². The predicted octanol–water partition coefficient (Wildman–Crippen LogP) is 5.64. The van der Waals surface area contributed by atoms with Crippen molar-refractivity contribution in [3.05, 3.63) is 78.9 Å². The highest BCUT2D eigenvalue weighted by Crippen LogP contribution is 2.40. The molecule has 0 atom stereocenters. The van der Waals surface area contributed by atoms with Crippen LogP contribution in [0, 0.1) is 0 Å². The van der Waals surface area contributed by atoms with Gasteiger partial charge < -0.3 is 9.88 Å². The van der Waals surface area contributed by atoms with E-state index in [-0.39, 0.29) is 0 Å². The summed E-state index contributed by atoms with van der Waals surface area (Å²) in [6, 6.07) is 27.2. The minimum atomic E-state index is 0.928. The Balaban J connectivity index is 1.96. The number of para-hydroxylation sites is 3. The lowest BCUT2D eigenvalue weighted by Crippen LogP contribution is -2.10. The molecular weight excluding hydrogens is 306 g/mol. The average Bonchev–Trinajstić information content (AvgIpc) is 3.04. The normalized spacial score (nSPS) is 11.4. The van der Waals surface area contributed by atoms with E-state index in [2.05, 4.69) is 83.7 Å². The first kappa shape index (κ1) is 14.1. The van der Waals surface area contributed by atoms with Gasteiger partial charge in [0.05, 0.1) is 16.6 Å². The molecule has 5 rings (SSSR count). The van der Waals surface area contributed by atoms with Gasteiger partial charge in [0.1, 0.15) is 5.65 Å². The summed E-state index contributed by atoms with van der Waals surface area (Å²) in [6.07, 6.45) is 0. The largest absolute Gasteiger partial charge is 0.343 e. The van der Waals surface area contributed by atoms with Crippen molar-refractivity contribution in [2.24, 2.45) is 0 Å². The molecule has 3 heteroatoms. The molecule has 0 aliphatic heterocycles. The van der Waals surface area contributed by atoms with E-state index < -0.39 is 0 Å². The number of benzene rings is 3. The number of nitrogens with one attached hydrogen (secondary N) is 1. The van der Waals surface area contributed by atoms with Crippen LogP contribution in [0.3, 0.4) is 0 Å². The maximum atomic E-state index is 4.87. The fraction of sp³-hybridized carbons (Fsp3) is 0.0455. The average molecular weight is 323 g/mol. The maximum Gasteiger partial charge on any atom is 0.141 e. The van der Waals surface area contributed by atoms with Gasteiger partial charge in [-0.05, 0) is 24.3 Å². The third-order valence-corrected chi connectivity index (χ3v) is 4.79. The summed E-state index contributed by atoms with van der Waals surface area (Å²) >= 11 is 0. The molecule has 25 heavy (non-hydrogen) atoms. The maximum absolute atomic E-state index is 4.87. The van der Waals surface area contributed by atoms with Crippen LogP contribution in [0.15, 0.2) is 78.9 Å². The second kappa shape index (κ2) is 5.35. The van der Waals surface area contributed by atoms with Gasteiger partial charge in [0.15, 0.2) is 0 Å². The number of H-pyrrole nitrogens is 1. The van der Waals surface area contributed by atoms with E-state index in [1.165, 1.54) is 16.5 Å². The molecule has 0 aliphatic rings. The van der Waals surface area contributed by atoms with Crippen LogP contribution in [-0.4, -0.2) is 17.0 Å². The quantitative estimate of drug-likeness (QED) is 0.456. The second-order valence-corrected chi connectivity index (χ2v) is 6.27. The number of pyridine rings is 1. The van der Waals surface area contributed by atoms with E-state index >= 15 is 0 Å². The van der Waals surface area contributed by atoms with Crippen molar-refractivity contribution < 1.29 is 0 Å². The summed E-state index contributed by atoms with van der Waals surface area (Å²) in [4.78, 5) is 10.6. The standard InChI is InChI=1S/C22H17N3/c1-25(15-9-3-2-4-10-15)21-17-12-6-8-14-19(17)24-22-20(21)16-11-5-7-13-18(16)23-22/h2-14H,1H3,(H,23,24). The smallest absolute Gasteiger partial charge is 0.141 e. The Morgan fingerprint density at radius 3 is 2.28 bits per heavy atom. The first-order chi connectivity index (χ1) is 12.3. The van der Waals surface area contributed by atoms with Gasteiger partial charge in [0.25, 0.3) is 0 Å². The van der Waals surface area contributed by atoms with Gasteiger partial charge in [-0.3, -0.25) is 0 Å². The highest BCUT2D eigenvalue weighted by atomic mass is 15.1. The second-order valence-electron chi connectivity index (χ2n) is 6.27. The molecule has 0 fully saturated rings. The first-order valence-electron chi connectivity index (χ1n) is 8.41. The fourth-order valence-electron chi connectivity index (χ4n) is 3.61. The van der Waals surface area contributed by atoms with Gasteiger partial charge in [-0.25, -0.2) is 4.98 Å². The summed E-state index contributed by atoms with van der Waals surface area (Å²) in [5, 5.41) is 3.53. The van der Waals surface area contributed by atoms with Crippen molar-refractivity contribution >= 4 is 44.2 Å². The van der Waals surface area contributed by atoms with Crippen LogP contribution in [0.1, 0.15) is 0 Å². The highest BCUT2D eigenvalue weighted by Gasteiger charge is 2.17. The van der Waals surface area contributed by atoms with E-state index in [1.54, 1.807) is 0 Å². The van der Waals surface area contributed by atoms with Crippen molar-refractivity contribution in [2.45, 2.75) is 0 Å². The molecule has 3 aromatic carbocycles. The predicted molar refractivity (Wildman–Crippen MR) is 106 cm³/mol. The molecule has 0 amide bonds. The Hall–Kier alpha value is -3.33. The van der Waals surface area contributed by atoms with Gasteiger partial charge in [-0.1, -0.05) is 54.6 Å². The monoisotopic (exact) mass is 323 g/mol. The number of nitrogens with zero attached hydrogens (tertiary/aromatic N) is 2. The third kappa shape index (κ3) is 2.09. The number of anilines is 2. The lowest BCUT2D eigenvalue weighted by molar-refractivity contribution is 1.23. The molecule has 0 saturated heterocycles. The molecule has 2 aromatic heterocycles. The lowest BCUT2D eigenvalue weighted by atomic mass is 10.1. The Bertz CT molecular complexity index is 1210. The Morgan fingerprint density at radius 2 is 1.44 bits per heavy atom. The molecule has 120 valence electrons. The molecular formula is C22H17N3. The molecule has 5 aromatic rings. The van der Waals surface area contributed by atoms with Gasteiger partial charge in [0.2, 0.25) is 0 Å². The Labute approximate surface area is 145 Å². The van der Waals surface area contributed by atoms with Crippen molar-refractivity contribution in [3.63, 3.8) is 0 Å². The zero-order chi connectivity index (χ0) is 16.8. The molecule has 3 nitrogen and oxygen atoms in total. The van der Waals surface area contributed by atoms with Crippen LogP contribution in [0.25, 0.3) is 32.8 Å². The number of hydrogen-bond donors (Lipinski definition) is 1. The van der Waals surface area contributed by atoms with Gasteiger partial charge in [-0.15, -0.1) is 0 Å². The molecule has 0 spiro atoms. The topological polar surface area (TPSA) is 31.9 Å². The lowest BCUT2D eigenvalue weighted by Gasteiger charge is -2.22. The van der Waals surface area contributed by atoms with Crippen molar-refractivity contribution in [1.82, 2.24) is 9.97 Å². The van der Waals surface area contributed by atoms with E-state index in [0.29, 0.717) is 0 Å². The SMILES string of the molecule is CN(c1ccccc1)c1c2ccccc2nc2[nH]c3ccccc3c12. The molecule has 0 bridgehead atoms. The summed E-state index contributed by atoms with van der Waals surface area (Å²) < 4.78 is 0. The fourth-order valence-corrected chi connectivity index (χ4v) is 3.61. The van der Waals surface area contributed by atoms with Gasteiger partial charge in [-0.2, -0.15) is 0 Å². The Morgan fingerprint density at radius 1 is 0.760 bits per heavy atom. The minimum Gasteiger partial charge on any atom is -0.343 e. The first-order valence-corrected chi connectivity index (χ1v) is 8.41. The molecule has 2 heterocycles. The summed E-state index contributed by atoms with van der Waals surface area (Å²) in [7, 11) is 2.12. The highest BCUT2D eigenvalue weighted by molar-refractivity contribution is 6.19. The number of hydrogen-bond acceptors (Lipinski definition) is 2. The molecule has 1 N–H and O–H groups in total. The van der Waals surface area contributed by atoms with E-state index in [9.17, 15) is 0 Å². The summed E-state index contributed by atoms with van der Waals surface area (Å²) in [5.41, 5.74) is 5.38. The number of aromatic amines is 1. The van der Waals surface area contributed by atoms with Crippen LogP contribution < -0.4 is 4.90 Å². The van der Waals surface area contributed by atoms with E-state index in [4.69, 9.17) is 4.98 Å². The molecule has 0 radical (unpaired) electrons. The molecule has 0 aliphatic carbocycles. The van der Waals surface area contributed by atoms with E-state index in [0.717, 1.165) is 27.8 Å². The van der Waals surface area contributed by atoms with Crippen LogP contribution >= 0.6 is 0 Å². The zero-order valence-electron chi connectivity index (χ0n) is 13.9. The minimum absolute atomic E-state index is 0.928.